The molecule has 0 radical (unpaired) electrons. The van der Waals surface area contributed by atoms with Gasteiger partial charge in [-0.1, -0.05) is 22.0 Å². The van der Waals surface area contributed by atoms with E-state index in [-0.39, 0.29) is 5.54 Å². The standard InChI is InChI=1S/C11H18BrNS/c1-8-9(12)6-5-7-10(8)14-13-11(2,3)4/h7,13H,5-6H2,1-4H3. The SMILES string of the molecule is CC1=C(Br)CCC=C1SNC(C)(C)C. The Bertz CT molecular complexity index is 274. The zero-order valence-corrected chi connectivity index (χ0v) is 11.7. The third kappa shape index (κ3) is 3.79. The van der Waals surface area contributed by atoms with Crippen LogP contribution in [0.3, 0.4) is 0 Å². The van der Waals surface area contributed by atoms with Crippen LogP contribution in [0.2, 0.25) is 0 Å². The van der Waals surface area contributed by atoms with Gasteiger partial charge in [0.05, 0.1) is 0 Å². The molecule has 1 nitrogen and oxygen atoms in total. The maximum Gasteiger partial charge on any atom is 0.0225 e. The Labute approximate surface area is 99.7 Å². The highest BCUT2D eigenvalue weighted by Crippen LogP contribution is 2.34. The Morgan fingerprint density at radius 2 is 2.07 bits per heavy atom. The summed E-state index contributed by atoms with van der Waals surface area (Å²) in [6, 6.07) is 0. The van der Waals surface area contributed by atoms with Crippen molar-refractivity contribution in [1.29, 1.82) is 0 Å². The third-order valence-electron chi connectivity index (χ3n) is 1.94. The first-order valence-electron chi connectivity index (χ1n) is 4.90. The van der Waals surface area contributed by atoms with Crippen LogP contribution in [0.5, 0.6) is 0 Å². The van der Waals surface area contributed by atoms with E-state index in [4.69, 9.17) is 0 Å². The predicted octanol–water partition coefficient (Wildman–Crippen LogP) is 4.37. The molecule has 0 aromatic carbocycles. The summed E-state index contributed by atoms with van der Waals surface area (Å²) in [5.74, 6) is 0. The summed E-state index contributed by atoms with van der Waals surface area (Å²) < 4.78 is 4.78. The molecule has 3 heteroatoms. The number of nitrogens with one attached hydrogen (secondary N) is 1. The van der Waals surface area contributed by atoms with Crippen LogP contribution >= 0.6 is 27.9 Å². The largest absolute Gasteiger partial charge is 0.255 e. The Balaban J connectivity index is 2.58. The molecular weight excluding hydrogens is 258 g/mol. The molecule has 0 aromatic heterocycles. The van der Waals surface area contributed by atoms with Gasteiger partial charge in [-0.3, -0.25) is 4.72 Å². The molecule has 0 fully saturated rings. The predicted molar refractivity (Wildman–Crippen MR) is 69.4 cm³/mol. The lowest BCUT2D eigenvalue weighted by Gasteiger charge is -2.22. The van der Waals surface area contributed by atoms with Crippen LogP contribution in [-0.4, -0.2) is 5.54 Å². The fourth-order valence-corrected chi connectivity index (χ4v) is 2.60. The molecular formula is C11H18BrNS. The lowest BCUT2D eigenvalue weighted by molar-refractivity contribution is 0.536. The van der Waals surface area contributed by atoms with E-state index in [0.717, 1.165) is 12.8 Å². The van der Waals surface area contributed by atoms with Crippen LogP contribution in [0.25, 0.3) is 0 Å². The zero-order valence-electron chi connectivity index (χ0n) is 9.28. The van der Waals surface area contributed by atoms with Gasteiger partial charge in [-0.05, 0) is 62.5 Å². The second-order valence-electron chi connectivity index (χ2n) is 4.59. The quantitative estimate of drug-likeness (QED) is 0.752. The molecule has 0 aliphatic heterocycles. The highest BCUT2D eigenvalue weighted by molar-refractivity contribution is 9.11. The molecule has 80 valence electrons. The molecule has 14 heavy (non-hydrogen) atoms. The molecule has 1 aliphatic carbocycles. The van der Waals surface area contributed by atoms with E-state index >= 15 is 0 Å². The van der Waals surface area contributed by atoms with Crippen LogP contribution in [-0.2, 0) is 0 Å². The number of rotatable bonds is 2. The molecule has 1 N–H and O–H groups in total. The molecule has 0 heterocycles. The fourth-order valence-electron chi connectivity index (χ4n) is 1.13. The van der Waals surface area contributed by atoms with Gasteiger partial charge in [0.2, 0.25) is 0 Å². The van der Waals surface area contributed by atoms with Gasteiger partial charge in [0.15, 0.2) is 0 Å². The van der Waals surface area contributed by atoms with Crippen molar-refractivity contribution in [2.75, 3.05) is 0 Å². The van der Waals surface area contributed by atoms with Crippen molar-refractivity contribution in [2.24, 2.45) is 0 Å². The van der Waals surface area contributed by atoms with Crippen molar-refractivity contribution < 1.29 is 0 Å². The average molecular weight is 276 g/mol. The van der Waals surface area contributed by atoms with Gasteiger partial charge in [-0.15, -0.1) is 0 Å². The maximum atomic E-state index is 3.61. The minimum absolute atomic E-state index is 0.162. The minimum Gasteiger partial charge on any atom is -0.255 e. The van der Waals surface area contributed by atoms with Gasteiger partial charge in [-0.2, -0.15) is 0 Å². The van der Waals surface area contributed by atoms with E-state index in [9.17, 15) is 0 Å². The van der Waals surface area contributed by atoms with Crippen molar-refractivity contribution in [3.8, 4) is 0 Å². The van der Waals surface area contributed by atoms with Crippen molar-refractivity contribution in [2.45, 2.75) is 46.1 Å². The minimum atomic E-state index is 0.162. The number of hydrogen-bond donors (Lipinski definition) is 1. The number of halogens is 1. The first kappa shape index (κ1) is 12.3. The smallest absolute Gasteiger partial charge is 0.0225 e. The molecule has 0 atom stereocenters. The number of allylic oxidation sites excluding steroid dienone is 3. The van der Waals surface area contributed by atoms with Crippen molar-refractivity contribution >= 4 is 27.9 Å². The highest BCUT2D eigenvalue weighted by atomic mass is 79.9. The summed E-state index contributed by atoms with van der Waals surface area (Å²) in [4.78, 5) is 1.36. The molecule has 0 saturated carbocycles. The van der Waals surface area contributed by atoms with Crippen LogP contribution in [0, 0.1) is 0 Å². The first-order valence-corrected chi connectivity index (χ1v) is 6.51. The Morgan fingerprint density at radius 3 is 2.64 bits per heavy atom. The average Bonchev–Trinajstić information content (AvgIpc) is 2.06. The molecule has 0 bridgehead atoms. The summed E-state index contributed by atoms with van der Waals surface area (Å²) in [5, 5.41) is 0. The topological polar surface area (TPSA) is 12.0 Å². The van der Waals surface area contributed by atoms with Crippen LogP contribution < -0.4 is 4.72 Å². The van der Waals surface area contributed by atoms with E-state index in [0.29, 0.717) is 0 Å². The van der Waals surface area contributed by atoms with E-state index < -0.39 is 0 Å². The molecule has 0 spiro atoms. The second-order valence-corrected chi connectivity index (χ2v) is 6.40. The first-order chi connectivity index (χ1) is 6.40. The molecule has 0 unspecified atom stereocenters. The molecule has 1 aliphatic rings. The Hall–Kier alpha value is 0.270. The Kier molecular flexibility index (Phi) is 4.29. The lowest BCUT2D eigenvalue weighted by atomic mass is 10.1. The molecule has 0 aromatic rings. The summed E-state index contributed by atoms with van der Waals surface area (Å²) in [6.45, 7) is 8.71. The van der Waals surface area contributed by atoms with Crippen molar-refractivity contribution in [3.63, 3.8) is 0 Å². The van der Waals surface area contributed by atoms with Crippen molar-refractivity contribution in [1.82, 2.24) is 4.72 Å². The number of hydrogen-bond acceptors (Lipinski definition) is 2. The monoisotopic (exact) mass is 275 g/mol. The van der Waals surface area contributed by atoms with E-state index in [1.54, 1.807) is 11.9 Å². The zero-order chi connectivity index (χ0) is 10.8. The van der Waals surface area contributed by atoms with Gasteiger partial charge in [0.25, 0.3) is 0 Å². The van der Waals surface area contributed by atoms with Gasteiger partial charge in [-0.25, -0.2) is 0 Å². The molecule has 1 rings (SSSR count). The lowest BCUT2D eigenvalue weighted by Crippen LogP contribution is -2.30. The molecule has 0 saturated heterocycles. The van der Waals surface area contributed by atoms with Crippen LogP contribution in [0.15, 0.2) is 21.0 Å². The van der Waals surface area contributed by atoms with Crippen LogP contribution in [0.4, 0.5) is 0 Å². The summed E-state index contributed by atoms with van der Waals surface area (Å²) >= 11 is 5.35. The summed E-state index contributed by atoms with van der Waals surface area (Å²) in [7, 11) is 0. The fraction of sp³-hybridized carbons (Fsp3) is 0.636. The van der Waals surface area contributed by atoms with E-state index in [2.05, 4.69) is 54.4 Å². The van der Waals surface area contributed by atoms with Crippen molar-refractivity contribution in [3.05, 3.63) is 21.0 Å². The Morgan fingerprint density at radius 1 is 1.43 bits per heavy atom. The van der Waals surface area contributed by atoms with Gasteiger partial charge >= 0.3 is 0 Å². The summed E-state index contributed by atoms with van der Waals surface area (Å²) in [5.41, 5.74) is 1.54. The maximum absolute atomic E-state index is 3.61. The second kappa shape index (κ2) is 4.86. The van der Waals surface area contributed by atoms with Crippen LogP contribution in [0.1, 0.15) is 40.5 Å². The normalized spacial score (nSPS) is 18.5. The summed E-state index contributed by atoms with van der Waals surface area (Å²) in [6.07, 6.45) is 4.60. The third-order valence-corrected chi connectivity index (χ3v) is 4.34. The van der Waals surface area contributed by atoms with Gasteiger partial charge in [0, 0.05) is 10.4 Å². The van der Waals surface area contributed by atoms with E-state index in [1.807, 2.05) is 0 Å². The van der Waals surface area contributed by atoms with E-state index in [1.165, 1.54) is 15.0 Å². The van der Waals surface area contributed by atoms with Gasteiger partial charge < -0.3 is 0 Å². The molecule has 0 amide bonds. The van der Waals surface area contributed by atoms with Gasteiger partial charge in [0.1, 0.15) is 0 Å². The highest BCUT2D eigenvalue weighted by Gasteiger charge is 2.14.